The summed E-state index contributed by atoms with van der Waals surface area (Å²) in [5.74, 6) is 0.901. The number of aromatic nitrogens is 1. The van der Waals surface area contributed by atoms with Crippen molar-refractivity contribution in [1.82, 2.24) is 4.98 Å². The average molecular weight is 178 g/mol. The van der Waals surface area contributed by atoms with Crippen molar-refractivity contribution in [3.8, 4) is 0 Å². The van der Waals surface area contributed by atoms with Gasteiger partial charge in [-0.15, -0.1) is 0 Å². The summed E-state index contributed by atoms with van der Waals surface area (Å²) in [7, 11) is 0. The summed E-state index contributed by atoms with van der Waals surface area (Å²) in [4.78, 5) is 3.35. The Hall–Kier alpha value is -0.760. The van der Waals surface area contributed by atoms with Gasteiger partial charge >= 0.3 is 0 Å². The van der Waals surface area contributed by atoms with Crippen molar-refractivity contribution in [1.29, 1.82) is 0 Å². The molecule has 0 aliphatic heterocycles. The van der Waals surface area contributed by atoms with Gasteiger partial charge in [-0.25, -0.2) is 0 Å². The number of hydrogen-bond donors (Lipinski definition) is 2. The third-order valence-electron chi connectivity index (χ3n) is 2.84. The Balaban J connectivity index is 2.08. The molecule has 1 aliphatic carbocycles. The summed E-state index contributed by atoms with van der Waals surface area (Å²) in [6.45, 7) is 4.21. The Morgan fingerprint density at radius 3 is 2.69 bits per heavy atom. The second-order valence-electron chi connectivity index (χ2n) is 4.33. The molecule has 2 rings (SSSR count). The molecule has 2 heteroatoms. The smallest absolute Gasteiger partial charge is 0.0453 e. The maximum atomic E-state index is 6.12. The molecule has 1 aromatic heterocycles. The van der Waals surface area contributed by atoms with Crippen LogP contribution in [0.5, 0.6) is 0 Å². The second kappa shape index (κ2) is 3.18. The van der Waals surface area contributed by atoms with E-state index in [1.54, 1.807) is 0 Å². The molecule has 72 valence electrons. The maximum absolute atomic E-state index is 6.12. The predicted octanol–water partition coefficient (Wildman–Crippen LogP) is 2.43. The molecule has 1 saturated carbocycles. The van der Waals surface area contributed by atoms with Gasteiger partial charge in [0.15, 0.2) is 0 Å². The lowest BCUT2D eigenvalue weighted by Gasteiger charge is -2.10. The Kier molecular flexibility index (Phi) is 2.16. The van der Waals surface area contributed by atoms with Crippen molar-refractivity contribution < 1.29 is 0 Å². The van der Waals surface area contributed by atoms with E-state index in [4.69, 9.17) is 5.73 Å². The van der Waals surface area contributed by atoms with Gasteiger partial charge in [0, 0.05) is 17.4 Å². The van der Waals surface area contributed by atoms with Crippen LogP contribution in [0.15, 0.2) is 6.07 Å². The lowest BCUT2D eigenvalue weighted by Crippen LogP contribution is -2.12. The molecule has 1 heterocycles. The fraction of sp³-hybridized carbons (Fsp3) is 0.636. The normalized spacial score (nSPS) is 19.0. The summed E-state index contributed by atoms with van der Waals surface area (Å²) in [6, 6.07) is 2.39. The van der Waals surface area contributed by atoms with Crippen molar-refractivity contribution in [3.05, 3.63) is 23.0 Å². The van der Waals surface area contributed by atoms with Crippen molar-refractivity contribution in [2.24, 2.45) is 11.7 Å². The summed E-state index contributed by atoms with van der Waals surface area (Å²) in [5, 5.41) is 0. The number of aromatic amines is 1. The average Bonchev–Trinajstić information content (AvgIpc) is 2.77. The van der Waals surface area contributed by atoms with Crippen LogP contribution in [0.25, 0.3) is 0 Å². The first-order valence-electron chi connectivity index (χ1n) is 5.08. The molecule has 0 bridgehead atoms. The lowest BCUT2D eigenvalue weighted by molar-refractivity contribution is 0.583. The topological polar surface area (TPSA) is 41.8 Å². The predicted molar refractivity (Wildman–Crippen MR) is 54.5 cm³/mol. The molecule has 0 amide bonds. The van der Waals surface area contributed by atoms with Gasteiger partial charge in [-0.1, -0.05) is 12.8 Å². The van der Waals surface area contributed by atoms with Gasteiger partial charge in [-0.3, -0.25) is 0 Å². The third kappa shape index (κ3) is 1.94. The quantitative estimate of drug-likeness (QED) is 0.733. The van der Waals surface area contributed by atoms with Crippen LogP contribution in [-0.2, 0) is 0 Å². The number of aryl methyl sites for hydroxylation is 2. The van der Waals surface area contributed by atoms with Crippen molar-refractivity contribution in [2.45, 2.75) is 39.2 Å². The highest BCUT2D eigenvalue weighted by Gasteiger charge is 2.25. The number of rotatable bonds is 3. The van der Waals surface area contributed by atoms with Crippen LogP contribution in [-0.4, -0.2) is 4.98 Å². The number of hydrogen-bond acceptors (Lipinski definition) is 1. The second-order valence-corrected chi connectivity index (χ2v) is 4.33. The third-order valence-corrected chi connectivity index (χ3v) is 2.84. The van der Waals surface area contributed by atoms with E-state index in [2.05, 4.69) is 24.9 Å². The summed E-state index contributed by atoms with van der Waals surface area (Å²) < 4.78 is 0. The van der Waals surface area contributed by atoms with Gasteiger partial charge in [-0.05, 0) is 37.8 Å². The van der Waals surface area contributed by atoms with E-state index in [1.807, 2.05) is 0 Å². The highest BCUT2D eigenvalue weighted by Crippen LogP contribution is 2.37. The molecule has 1 fully saturated rings. The van der Waals surface area contributed by atoms with E-state index < -0.39 is 0 Å². The van der Waals surface area contributed by atoms with E-state index in [1.165, 1.54) is 29.8 Å². The van der Waals surface area contributed by atoms with E-state index in [0.717, 1.165) is 12.3 Å². The maximum Gasteiger partial charge on any atom is 0.0453 e. The Labute approximate surface area is 79.5 Å². The molecule has 0 radical (unpaired) electrons. The molecule has 0 aromatic carbocycles. The lowest BCUT2D eigenvalue weighted by atomic mass is 10.1. The van der Waals surface area contributed by atoms with Crippen LogP contribution in [0.4, 0.5) is 0 Å². The first-order valence-corrected chi connectivity index (χ1v) is 5.08. The Morgan fingerprint density at radius 2 is 2.23 bits per heavy atom. The highest BCUT2D eigenvalue weighted by molar-refractivity contribution is 5.26. The monoisotopic (exact) mass is 178 g/mol. The molecule has 0 unspecified atom stereocenters. The van der Waals surface area contributed by atoms with E-state index >= 15 is 0 Å². The minimum atomic E-state index is 0.223. The highest BCUT2D eigenvalue weighted by atomic mass is 14.8. The van der Waals surface area contributed by atoms with Gasteiger partial charge in [0.2, 0.25) is 0 Å². The van der Waals surface area contributed by atoms with Crippen LogP contribution < -0.4 is 5.73 Å². The molecule has 3 N–H and O–H groups in total. The van der Waals surface area contributed by atoms with Crippen LogP contribution in [0, 0.1) is 19.8 Å². The van der Waals surface area contributed by atoms with E-state index in [0.29, 0.717) is 0 Å². The van der Waals surface area contributed by atoms with Gasteiger partial charge < -0.3 is 10.7 Å². The standard InChI is InChI=1S/C11H18N2/c1-7-5-8(2)13-11(7)10(12)6-9-3-4-9/h5,9-10,13H,3-4,6,12H2,1-2H3/t10-/m0/s1. The zero-order valence-electron chi connectivity index (χ0n) is 8.43. The largest absolute Gasteiger partial charge is 0.361 e. The zero-order chi connectivity index (χ0) is 9.42. The first-order chi connectivity index (χ1) is 6.16. The molecule has 0 saturated heterocycles. The fourth-order valence-electron chi connectivity index (χ4n) is 1.97. The fourth-order valence-corrected chi connectivity index (χ4v) is 1.97. The zero-order valence-corrected chi connectivity index (χ0v) is 8.43. The van der Waals surface area contributed by atoms with Gasteiger partial charge in [0.25, 0.3) is 0 Å². The number of H-pyrrole nitrogens is 1. The number of nitrogens with one attached hydrogen (secondary N) is 1. The Bertz CT molecular complexity index is 297. The van der Waals surface area contributed by atoms with Crippen molar-refractivity contribution in [3.63, 3.8) is 0 Å². The molecule has 1 aromatic rings. The molecule has 1 atom stereocenters. The summed E-state index contributed by atoms with van der Waals surface area (Å²) >= 11 is 0. The summed E-state index contributed by atoms with van der Waals surface area (Å²) in [5.41, 5.74) is 9.89. The van der Waals surface area contributed by atoms with Crippen molar-refractivity contribution in [2.75, 3.05) is 0 Å². The molecular weight excluding hydrogens is 160 g/mol. The molecule has 2 nitrogen and oxygen atoms in total. The summed E-state index contributed by atoms with van der Waals surface area (Å²) in [6.07, 6.45) is 3.92. The van der Waals surface area contributed by atoms with Gasteiger partial charge in [0.05, 0.1) is 0 Å². The van der Waals surface area contributed by atoms with Crippen LogP contribution >= 0.6 is 0 Å². The van der Waals surface area contributed by atoms with Crippen LogP contribution in [0.1, 0.15) is 42.3 Å². The molecular formula is C11H18N2. The Morgan fingerprint density at radius 1 is 1.54 bits per heavy atom. The molecule has 13 heavy (non-hydrogen) atoms. The van der Waals surface area contributed by atoms with Gasteiger partial charge in [0.1, 0.15) is 0 Å². The van der Waals surface area contributed by atoms with Gasteiger partial charge in [-0.2, -0.15) is 0 Å². The molecule has 0 spiro atoms. The van der Waals surface area contributed by atoms with E-state index in [9.17, 15) is 0 Å². The minimum Gasteiger partial charge on any atom is -0.361 e. The van der Waals surface area contributed by atoms with Crippen molar-refractivity contribution >= 4 is 0 Å². The minimum absolute atomic E-state index is 0.223. The van der Waals surface area contributed by atoms with E-state index in [-0.39, 0.29) is 6.04 Å². The number of nitrogens with two attached hydrogens (primary N) is 1. The first kappa shape index (κ1) is 8.82. The van der Waals surface area contributed by atoms with Crippen LogP contribution in [0.2, 0.25) is 0 Å². The van der Waals surface area contributed by atoms with Crippen LogP contribution in [0.3, 0.4) is 0 Å². The molecule has 1 aliphatic rings. The SMILES string of the molecule is Cc1cc(C)c([C@@H](N)CC2CC2)[nH]1.